The van der Waals surface area contributed by atoms with Gasteiger partial charge in [0.25, 0.3) is 0 Å². The SMILES string of the molecule is Cc1cccc(C(C)Sc2cn[nH]n2)c1. The molecule has 1 heterocycles. The van der Waals surface area contributed by atoms with Crippen molar-refractivity contribution in [1.29, 1.82) is 0 Å². The molecule has 3 nitrogen and oxygen atoms in total. The van der Waals surface area contributed by atoms with E-state index in [0.29, 0.717) is 5.25 Å². The van der Waals surface area contributed by atoms with Crippen molar-refractivity contribution in [3.05, 3.63) is 41.6 Å². The van der Waals surface area contributed by atoms with Crippen molar-refractivity contribution in [1.82, 2.24) is 15.4 Å². The third-order valence-electron chi connectivity index (χ3n) is 2.20. The Labute approximate surface area is 93.3 Å². The van der Waals surface area contributed by atoms with Crippen molar-refractivity contribution in [3.8, 4) is 0 Å². The van der Waals surface area contributed by atoms with Gasteiger partial charge in [-0.05, 0) is 19.4 Å². The van der Waals surface area contributed by atoms with Crippen LogP contribution in [-0.4, -0.2) is 15.4 Å². The van der Waals surface area contributed by atoms with Gasteiger partial charge in [0.15, 0.2) is 0 Å². The molecule has 0 amide bonds. The van der Waals surface area contributed by atoms with Gasteiger partial charge in [0.2, 0.25) is 0 Å². The molecule has 1 atom stereocenters. The Kier molecular flexibility index (Phi) is 3.06. The van der Waals surface area contributed by atoms with Gasteiger partial charge in [-0.15, -0.1) is 5.10 Å². The monoisotopic (exact) mass is 219 g/mol. The van der Waals surface area contributed by atoms with E-state index in [4.69, 9.17) is 0 Å². The average molecular weight is 219 g/mol. The van der Waals surface area contributed by atoms with Crippen LogP contribution >= 0.6 is 11.8 Å². The number of hydrogen-bond acceptors (Lipinski definition) is 3. The maximum Gasteiger partial charge on any atom is 0.139 e. The number of aryl methyl sites for hydroxylation is 1. The highest BCUT2D eigenvalue weighted by Crippen LogP contribution is 2.33. The van der Waals surface area contributed by atoms with Gasteiger partial charge in [-0.3, -0.25) is 0 Å². The second kappa shape index (κ2) is 4.49. The van der Waals surface area contributed by atoms with Gasteiger partial charge < -0.3 is 0 Å². The van der Waals surface area contributed by atoms with Gasteiger partial charge in [-0.1, -0.05) is 41.6 Å². The van der Waals surface area contributed by atoms with Crippen LogP contribution in [0.5, 0.6) is 0 Å². The summed E-state index contributed by atoms with van der Waals surface area (Å²) < 4.78 is 0. The number of nitrogens with zero attached hydrogens (tertiary/aromatic N) is 2. The van der Waals surface area contributed by atoms with E-state index in [2.05, 4.69) is 53.5 Å². The number of hydrogen-bond donors (Lipinski definition) is 1. The largest absolute Gasteiger partial charge is 0.197 e. The molecular weight excluding hydrogens is 206 g/mol. The lowest BCUT2D eigenvalue weighted by molar-refractivity contribution is 0.908. The van der Waals surface area contributed by atoms with Crippen LogP contribution < -0.4 is 0 Å². The summed E-state index contributed by atoms with van der Waals surface area (Å²) in [6, 6.07) is 8.55. The smallest absolute Gasteiger partial charge is 0.139 e. The molecule has 0 aliphatic rings. The first-order chi connectivity index (χ1) is 7.25. The van der Waals surface area contributed by atoms with Crippen LogP contribution in [0.3, 0.4) is 0 Å². The summed E-state index contributed by atoms with van der Waals surface area (Å²) in [5.74, 6) is 0. The van der Waals surface area contributed by atoms with E-state index in [1.54, 1.807) is 18.0 Å². The Morgan fingerprint density at radius 2 is 2.27 bits per heavy atom. The third kappa shape index (κ3) is 2.59. The van der Waals surface area contributed by atoms with Crippen molar-refractivity contribution >= 4 is 11.8 Å². The fraction of sp³-hybridized carbons (Fsp3) is 0.273. The van der Waals surface area contributed by atoms with Crippen LogP contribution in [0, 0.1) is 6.92 Å². The zero-order valence-electron chi connectivity index (χ0n) is 8.77. The van der Waals surface area contributed by atoms with Crippen LogP contribution in [0.2, 0.25) is 0 Å². The molecular formula is C11H13N3S. The normalized spacial score (nSPS) is 12.7. The Hall–Kier alpha value is -1.29. The van der Waals surface area contributed by atoms with Crippen molar-refractivity contribution in [2.24, 2.45) is 0 Å². The van der Waals surface area contributed by atoms with Gasteiger partial charge in [-0.2, -0.15) is 10.3 Å². The molecule has 1 N–H and O–H groups in total. The van der Waals surface area contributed by atoms with E-state index >= 15 is 0 Å². The third-order valence-corrected chi connectivity index (χ3v) is 3.27. The van der Waals surface area contributed by atoms with Gasteiger partial charge in [0.05, 0.1) is 6.20 Å². The highest BCUT2D eigenvalue weighted by molar-refractivity contribution is 7.99. The molecule has 0 radical (unpaired) electrons. The van der Waals surface area contributed by atoms with Crippen molar-refractivity contribution in [3.63, 3.8) is 0 Å². The second-order valence-corrected chi connectivity index (χ2v) is 4.84. The molecule has 1 unspecified atom stereocenters. The molecule has 15 heavy (non-hydrogen) atoms. The highest BCUT2D eigenvalue weighted by Gasteiger charge is 2.08. The molecule has 1 aromatic heterocycles. The standard InChI is InChI=1S/C11H13N3S/c1-8-4-3-5-10(6-8)9(2)15-11-7-12-14-13-11/h3-7,9H,1-2H3,(H,12,13,14). The Bertz CT molecular complexity index is 425. The summed E-state index contributed by atoms with van der Waals surface area (Å²) in [5.41, 5.74) is 2.61. The molecule has 0 saturated heterocycles. The van der Waals surface area contributed by atoms with Crippen LogP contribution in [-0.2, 0) is 0 Å². The van der Waals surface area contributed by atoms with Crippen molar-refractivity contribution in [2.45, 2.75) is 24.1 Å². The predicted molar refractivity (Wildman–Crippen MR) is 61.8 cm³/mol. The second-order valence-electron chi connectivity index (χ2n) is 3.48. The van der Waals surface area contributed by atoms with Crippen LogP contribution in [0.25, 0.3) is 0 Å². The van der Waals surface area contributed by atoms with Gasteiger partial charge >= 0.3 is 0 Å². The van der Waals surface area contributed by atoms with Crippen molar-refractivity contribution in [2.75, 3.05) is 0 Å². The maximum atomic E-state index is 4.03. The minimum absolute atomic E-state index is 0.398. The van der Waals surface area contributed by atoms with Crippen LogP contribution in [0.15, 0.2) is 35.5 Å². The summed E-state index contributed by atoms with van der Waals surface area (Å²) >= 11 is 1.71. The first-order valence-electron chi connectivity index (χ1n) is 4.84. The molecule has 4 heteroatoms. The number of H-pyrrole nitrogens is 1. The predicted octanol–water partition coefficient (Wildman–Crippen LogP) is 2.97. The topological polar surface area (TPSA) is 41.6 Å². The number of benzene rings is 1. The summed E-state index contributed by atoms with van der Waals surface area (Å²) in [7, 11) is 0. The lowest BCUT2D eigenvalue weighted by Gasteiger charge is -2.09. The van der Waals surface area contributed by atoms with Crippen LogP contribution in [0.1, 0.15) is 23.3 Å². The average Bonchev–Trinajstić information content (AvgIpc) is 2.70. The van der Waals surface area contributed by atoms with E-state index in [1.807, 2.05) is 0 Å². The molecule has 0 aliphatic carbocycles. The molecule has 0 saturated carbocycles. The number of nitrogens with one attached hydrogen (secondary N) is 1. The first kappa shape index (κ1) is 10.2. The lowest BCUT2D eigenvalue weighted by Crippen LogP contribution is -1.89. The molecule has 2 rings (SSSR count). The number of thioether (sulfide) groups is 1. The summed E-state index contributed by atoms with van der Waals surface area (Å²) in [4.78, 5) is 0. The molecule has 0 spiro atoms. The zero-order chi connectivity index (χ0) is 10.7. The Morgan fingerprint density at radius 3 is 2.93 bits per heavy atom. The molecule has 2 aromatic rings. The lowest BCUT2D eigenvalue weighted by atomic mass is 10.1. The Morgan fingerprint density at radius 1 is 1.40 bits per heavy atom. The Balaban J connectivity index is 2.11. The van der Waals surface area contributed by atoms with Crippen LogP contribution in [0.4, 0.5) is 0 Å². The van der Waals surface area contributed by atoms with E-state index in [1.165, 1.54) is 11.1 Å². The van der Waals surface area contributed by atoms with Gasteiger partial charge in [0.1, 0.15) is 5.03 Å². The van der Waals surface area contributed by atoms with E-state index < -0.39 is 0 Å². The van der Waals surface area contributed by atoms with Gasteiger partial charge in [0, 0.05) is 5.25 Å². The summed E-state index contributed by atoms with van der Waals surface area (Å²) in [5, 5.41) is 11.8. The quantitative estimate of drug-likeness (QED) is 0.807. The van der Waals surface area contributed by atoms with E-state index in [9.17, 15) is 0 Å². The summed E-state index contributed by atoms with van der Waals surface area (Å²) in [6.07, 6.45) is 1.75. The number of aromatic nitrogens is 3. The van der Waals surface area contributed by atoms with E-state index in [-0.39, 0.29) is 0 Å². The molecule has 0 fully saturated rings. The van der Waals surface area contributed by atoms with E-state index in [0.717, 1.165) is 5.03 Å². The number of rotatable bonds is 3. The van der Waals surface area contributed by atoms with Crippen molar-refractivity contribution < 1.29 is 0 Å². The fourth-order valence-electron chi connectivity index (χ4n) is 1.42. The fourth-order valence-corrected chi connectivity index (χ4v) is 2.27. The maximum absolute atomic E-state index is 4.03. The highest BCUT2D eigenvalue weighted by atomic mass is 32.2. The zero-order valence-corrected chi connectivity index (χ0v) is 9.58. The summed E-state index contributed by atoms with van der Waals surface area (Å²) in [6.45, 7) is 4.28. The minimum Gasteiger partial charge on any atom is -0.197 e. The molecule has 0 aliphatic heterocycles. The molecule has 78 valence electrons. The molecule has 0 bridgehead atoms. The minimum atomic E-state index is 0.398. The first-order valence-corrected chi connectivity index (χ1v) is 5.72. The number of aromatic amines is 1. The molecule has 1 aromatic carbocycles. The van der Waals surface area contributed by atoms with Gasteiger partial charge in [-0.25, -0.2) is 0 Å².